The van der Waals surface area contributed by atoms with Gasteiger partial charge in [-0.2, -0.15) is 0 Å². The van der Waals surface area contributed by atoms with Gasteiger partial charge in [-0.1, -0.05) is 12.1 Å². The lowest BCUT2D eigenvalue weighted by Gasteiger charge is -2.20. The van der Waals surface area contributed by atoms with Gasteiger partial charge in [-0.15, -0.1) is 0 Å². The highest BCUT2D eigenvalue weighted by Gasteiger charge is 2.17. The second-order valence-electron chi connectivity index (χ2n) is 5.87. The fourth-order valence-electron chi connectivity index (χ4n) is 2.43. The summed E-state index contributed by atoms with van der Waals surface area (Å²) in [5.41, 5.74) is 10.2. The summed E-state index contributed by atoms with van der Waals surface area (Å²) < 4.78 is 4.73. The lowest BCUT2D eigenvalue weighted by Crippen LogP contribution is -2.22. The molecule has 0 bridgehead atoms. The van der Waals surface area contributed by atoms with Gasteiger partial charge in [0.15, 0.2) is 0 Å². The Labute approximate surface area is 122 Å². The van der Waals surface area contributed by atoms with Crippen molar-refractivity contribution < 1.29 is 9.74 Å². The predicted molar refractivity (Wildman–Crippen MR) is 81.7 cm³/mol. The average molecular weight is 283 g/mol. The number of hydrogen-bond acceptors (Lipinski definition) is 5. The fraction of sp³-hybridized carbons (Fsp3) is 0.250. The third-order valence-corrected chi connectivity index (χ3v) is 3.32. The average Bonchev–Trinajstić information content (AvgIpc) is 2.86. The van der Waals surface area contributed by atoms with Crippen molar-refractivity contribution in [3.05, 3.63) is 42.0 Å². The molecule has 0 aliphatic carbocycles. The number of anilines is 1. The van der Waals surface area contributed by atoms with Crippen molar-refractivity contribution in [2.24, 2.45) is 0 Å². The van der Waals surface area contributed by atoms with Crippen LogP contribution in [0.25, 0.3) is 22.2 Å². The molecule has 0 aliphatic heterocycles. The van der Waals surface area contributed by atoms with Crippen LogP contribution in [0.1, 0.15) is 19.4 Å². The molecule has 108 valence electrons. The van der Waals surface area contributed by atoms with Crippen molar-refractivity contribution in [2.75, 3.05) is 5.73 Å². The Morgan fingerprint density at radius 1 is 1.10 bits per heavy atom. The molecule has 0 amide bonds. The molecule has 2 aromatic carbocycles. The minimum absolute atomic E-state index is 0.539. The summed E-state index contributed by atoms with van der Waals surface area (Å²) in [4.78, 5) is 0. The summed E-state index contributed by atoms with van der Waals surface area (Å²) >= 11 is 0. The van der Waals surface area contributed by atoms with Gasteiger partial charge < -0.3 is 10.8 Å². The molecule has 0 saturated carbocycles. The molecular weight excluding hydrogens is 266 g/mol. The molecule has 0 spiro atoms. The molecule has 0 saturated heterocycles. The monoisotopic (exact) mass is 283 g/mol. The van der Waals surface area contributed by atoms with Crippen LogP contribution >= 0.6 is 0 Å². The van der Waals surface area contributed by atoms with E-state index in [0.717, 1.165) is 16.7 Å². The number of nitrogens with zero attached hydrogens (tertiary/aromatic N) is 2. The minimum Gasteiger partial charge on any atom is -0.399 e. The van der Waals surface area contributed by atoms with Crippen LogP contribution in [0, 0.1) is 0 Å². The quantitative estimate of drug-likeness (QED) is 0.722. The Bertz CT molecular complexity index is 788. The summed E-state index contributed by atoms with van der Waals surface area (Å²) in [6.07, 6.45) is 0.539. The maximum absolute atomic E-state index is 10.1. The molecule has 1 aromatic heterocycles. The van der Waals surface area contributed by atoms with Crippen molar-refractivity contribution in [3.63, 3.8) is 0 Å². The lowest BCUT2D eigenvalue weighted by molar-refractivity contribution is 0.0811. The van der Waals surface area contributed by atoms with E-state index in [9.17, 15) is 5.11 Å². The maximum Gasteiger partial charge on any atom is 0.135 e. The normalized spacial score (nSPS) is 12.0. The first-order valence-electron chi connectivity index (χ1n) is 6.76. The number of aromatic nitrogens is 2. The first-order valence-corrected chi connectivity index (χ1v) is 6.76. The van der Waals surface area contributed by atoms with Gasteiger partial charge >= 0.3 is 0 Å². The van der Waals surface area contributed by atoms with E-state index in [0.29, 0.717) is 23.1 Å². The third-order valence-electron chi connectivity index (χ3n) is 3.32. The molecule has 5 heteroatoms. The van der Waals surface area contributed by atoms with Gasteiger partial charge in [0.1, 0.15) is 11.0 Å². The fourth-order valence-corrected chi connectivity index (χ4v) is 2.43. The van der Waals surface area contributed by atoms with Crippen LogP contribution in [-0.2, 0) is 6.42 Å². The van der Waals surface area contributed by atoms with Crippen molar-refractivity contribution in [3.8, 4) is 11.1 Å². The van der Waals surface area contributed by atoms with E-state index in [4.69, 9.17) is 10.4 Å². The van der Waals surface area contributed by atoms with Crippen molar-refractivity contribution in [1.29, 1.82) is 0 Å². The largest absolute Gasteiger partial charge is 0.399 e. The Balaban J connectivity index is 2.13. The number of benzene rings is 2. The Morgan fingerprint density at radius 2 is 1.86 bits per heavy atom. The summed E-state index contributed by atoms with van der Waals surface area (Å²) in [6, 6.07) is 11.4. The predicted octanol–water partition coefficient (Wildman–Crippen LogP) is 2.79. The number of aliphatic hydroxyl groups is 1. The molecule has 0 fully saturated rings. The van der Waals surface area contributed by atoms with E-state index in [2.05, 4.69) is 10.3 Å². The Hall–Kier alpha value is -2.40. The molecule has 21 heavy (non-hydrogen) atoms. The lowest BCUT2D eigenvalue weighted by atomic mass is 9.91. The van der Waals surface area contributed by atoms with E-state index in [1.165, 1.54) is 0 Å². The third kappa shape index (κ3) is 2.87. The molecule has 0 atom stereocenters. The van der Waals surface area contributed by atoms with Crippen LogP contribution in [0.4, 0.5) is 5.69 Å². The first-order chi connectivity index (χ1) is 9.92. The van der Waals surface area contributed by atoms with E-state index in [1.54, 1.807) is 13.8 Å². The first kappa shape index (κ1) is 13.6. The van der Waals surface area contributed by atoms with Gasteiger partial charge in [0.2, 0.25) is 0 Å². The highest BCUT2D eigenvalue weighted by atomic mass is 16.6. The molecule has 5 nitrogen and oxygen atoms in total. The molecule has 3 aromatic rings. The molecule has 0 unspecified atom stereocenters. The van der Waals surface area contributed by atoms with Crippen molar-refractivity contribution in [1.82, 2.24) is 10.3 Å². The number of fused-ring (bicyclic) bond motifs is 1. The molecule has 3 N–H and O–H groups in total. The van der Waals surface area contributed by atoms with E-state index >= 15 is 0 Å². The van der Waals surface area contributed by atoms with Crippen LogP contribution < -0.4 is 5.73 Å². The molecule has 0 aliphatic rings. The van der Waals surface area contributed by atoms with Gasteiger partial charge in [0.05, 0.1) is 5.60 Å². The molecule has 3 rings (SSSR count). The van der Waals surface area contributed by atoms with Crippen LogP contribution in [0.3, 0.4) is 0 Å². The maximum atomic E-state index is 10.1. The number of nitrogens with two attached hydrogens (primary N) is 1. The Kier molecular flexibility index (Phi) is 3.14. The second kappa shape index (κ2) is 4.86. The summed E-state index contributed by atoms with van der Waals surface area (Å²) in [6.45, 7) is 3.58. The zero-order valence-corrected chi connectivity index (χ0v) is 12.0. The molecular formula is C16H17N3O2. The second-order valence-corrected chi connectivity index (χ2v) is 5.87. The van der Waals surface area contributed by atoms with Gasteiger partial charge in [0.25, 0.3) is 0 Å². The topological polar surface area (TPSA) is 85.2 Å². The number of hydrogen-bond donors (Lipinski definition) is 2. The van der Waals surface area contributed by atoms with Crippen LogP contribution in [0.5, 0.6) is 0 Å². The molecule has 1 heterocycles. The molecule has 0 radical (unpaired) electrons. The number of rotatable bonds is 3. The highest BCUT2D eigenvalue weighted by Crippen LogP contribution is 2.30. The minimum atomic E-state index is -0.787. The standard InChI is InChI=1S/C16H17N3O2/c1-16(2,20)9-11-3-5-12(17)8-13(11)10-4-6-14-15(7-10)19-21-18-14/h3-8,20H,9,17H2,1-2H3. The van der Waals surface area contributed by atoms with Crippen molar-refractivity contribution >= 4 is 16.7 Å². The smallest absolute Gasteiger partial charge is 0.135 e. The van der Waals surface area contributed by atoms with Gasteiger partial charge in [0, 0.05) is 12.1 Å². The van der Waals surface area contributed by atoms with Gasteiger partial charge in [-0.05, 0) is 65.1 Å². The number of nitrogen functional groups attached to an aromatic ring is 1. The zero-order valence-electron chi connectivity index (χ0n) is 12.0. The van der Waals surface area contributed by atoms with Gasteiger partial charge in [-0.3, -0.25) is 0 Å². The zero-order chi connectivity index (χ0) is 15.0. The van der Waals surface area contributed by atoms with Crippen LogP contribution in [0.15, 0.2) is 41.0 Å². The highest BCUT2D eigenvalue weighted by molar-refractivity contribution is 5.82. The van der Waals surface area contributed by atoms with E-state index < -0.39 is 5.60 Å². The van der Waals surface area contributed by atoms with E-state index in [-0.39, 0.29) is 0 Å². The summed E-state index contributed by atoms with van der Waals surface area (Å²) in [5.74, 6) is 0. The van der Waals surface area contributed by atoms with Gasteiger partial charge in [-0.25, -0.2) is 4.63 Å². The SMILES string of the molecule is CC(C)(O)Cc1ccc(N)cc1-c1ccc2nonc2c1. The van der Waals surface area contributed by atoms with Crippen LogP contribution in [0.2, 0.25) is 0 Å². The Morgan fingerprint density at radius 3 is 2.62 bits per heavy atom. The summed E-state index contributed by atoms with van der Waals surface area (Å²) in [5, 5.41) is 17.7. The summed E-state index contributed by atoms with van der Waals surface area (Å²) in [7, 11) is 0. The van der Waals surface area contributed by atoms with Crippen LogP contribution in [-0.4, -0.2) is 21.0 Å². The van der Waals surface area contributed by atoms with Crippen molar-refractivity contribution in [2.45, 2.75) is 25.9 Å². The van der Waals surface area contributed by atoms with E-state index in [1.807, 2.05) is 36.4 Å².